The molecule has 7 nitrogen and oxygen atoms in total. The van der Waals surface area contributed by atoms with E-state index in [1.165, 1.54) is 11.3 Å². The van der Waals surface area contributed by atoms with Crippen LogP contribution in [0.2, 0.25) is 10.0 Å². The van der Waals surface area contributed by atoms with Gasteiger partial charge in [-0.05, 0) is 79.6 Å². The van der Waals surface area contributed by atoms with Crippen molar-refractivity contribution >= 4 is 52.2 Å². The minimum atomic E-state index is -0.687. The number of hydrogen-bond donors (Lipinski definition) is 1. The number of halogens is 2. The van der Waals surface area contributed by atoms with Crippen molar-refractivity contribution in [2.75, 3.05) is 11.9 Å². The predicted octanol–water partition coefficient (Wildman–Crippen LogP) is 7.16. The molecule has 4 aromatic carbocycles. The Hall–Kier alpha value is -4.63. The normalized spacial score (nSPS) is 14.4. The number of para-hydroxylation sites is 1. The number of nitrogens with zero attached hydrogens (tertiary/aromatic N) is 2. The Labute approximate surface area is 279 Å². The fourth-order valence-corrected chi connectivity index (χ4v) is 6.68. The van der Waals surface area contributed by atoms with Gasteiger partial charge in [-0.1, -0.05) is 83.1 Å². The van der Waals surface area contributed by atoms with E-state index < -0.39 is 6.04 Å². The molecular formula is C36H29Cl2N3O4S. The number of benzene rings is 4. The Morgan fingerprint density at radius 3 is 2.35 bits per heavy atom. The van der Waals surface area contributed by atoms with Crippen LogP contribution in [0, 0.1) is 0 Å². The molecule has 5 aromatic rings. The molecule has 10 heteroatoms. The van der Waals surface area contributed by atoms with E-state index in [0.29, 0.717) is 61.0 Å². The maximum Gasteiger partial charge on any atom is 0.271 e. The van der Waals surface area contributed by atoms with Crippen molar-refractivity contribution in [2.45, 2.75) is 26.5 Å². The van der Waals surface area contributed by atoms with Crippen LogP contribution in [0.1, 0.15) is 36.6 Å². The molecule has 1 atom stereocenters. The molecule has 2 heterocycles. The summed E-state index contributed by atoms with van der Waals surface area (Å²) in [5.74, 6) is 1.04. The molecule has 0 saturated heterocycles. The van der Waals surface area contributed by atoms with Gasteiger partial charge in [-0.25, -0.2) is 4.99 Å². The number of ether oxygens (including phenoxy) is 2. The first-order chi connectivity index (χ1) is 22.3. The molecular weight excluding hydrogens is 641 g/mol. The van der Waals surface area contributed by atoms with Gasteiger partial charge in [0.05, 0.1) is 28.5 Å². The van der Waals surface area contributed by atoms with Gasteiger partial charge >= 0.3 is 0 Å². The Balaban J connectivity index is 1.33. The zero-order valence-corrected chi connectivity index (χ0v) is 27.3. The molecule has 0 unspecified atom stereocenters. The van der Waals surface area contributed by atoms with E-state index in [9.17, 15) is 9.59 Å². The summed E-state index contributed by atoms with van der Waals surface area (Å²) in [5, 5.41) is 4.08. The molecule has 0 bridgehead atoms. The summed E-state index contributed by atoms with van der Waals surface area (Å²) in [5.41, 5.74) is 3.77. The van der Waals surface area contributed by atoms with Gasteiger partial charge in [-0.15, -0.1) is 0 Å². The van der Waals surface area contributed by atoms with Crippen LogP contribution in [0.15, 0.2) is 118 Å². The zero-order chi connectivity index (χ0) is 32.2. The molecule has 0 fully saturated rings. The van der Waals surface area contributed by atoms with Crippen molar-refractivity contribution in [3.63, 3.8) is 0 Å². The van der Waals surface area contributed by atoms with Gasteiger partial charge in [0.25, 0.3) is 11.5 Å². The van der Waals surface area contributed by atoms with Crippen LogP contribution in [0.25, 0.3) is 6.08 Å². The van der Waals surface area contributed by atoms with E-state index in [-0.39, 0.29) is 11.5 Å². The summed E-state index contributed by atoms with van der Waals surface area (Å²) in [6, 6.07) is 28.7. The van der Waals surface area contributed by atoms with Gasteiger partial charge in [0.2, 0.25) is 0 Å². The van der Waals surface area contributed by atoms with Crippen LogP contribution in [0.5, 0.6) is 11.5 Å². The predicted molar refractivity (Wildman–Crippen MR) is 184 cm³/mol. The molecule has 0 aliphatic carbocycles. The van der Waals surface area contributed by atoms with Crippen molar-refractivity contribution in [2.24, 2.45) is 4.99 Å². The third-order valence-corrected chi connectivity index (χ3v) is 8.96. The summed E-state index contributed by atoms with van der Waals surface area (Å²) in [6.07, 6.45) is 1.82. The zero-order valence-electron chi connectivity index (χ0n) is 25.0. The Kier molecular flexibility index (Phi) is 9.40. The van der Waals surface area contributed by atoms with E-state index in [0.717, 1.165) is 16.7 Å². The molecule has 46 heavy (non-hydrogen) atoms. The van der Waals surface area contributed by atoms with Crippen molar-refractivity contribution in [1.82, 2.24) is 4.57 Å². The topological polar surface area (TPSA) is 81.9 Å². The molecule has 0 radical (unpaired) electrons. The second kappa shape index (κ2) is 13.8. The standard InChI is InChI=1S/C36H29Cl2N3O4S/c1-3-44-28-17-12-24(13-18-28)33-32(34(42)40-27-7-5-4-6-8-27)22(2)39-36-41(33)35(43)31(46-36)19-23-9-15-29(16-10-23)45-21-25-11-14-26(37)20-30(25)38/h4-20,33H,3,21H2,1-2H3,(H,40,42)/b31-19-/t33-/m1/s1. The van der Waals surface area contributed by atoms with Crippen LogP contribution in [-0.4, -0.2) is 17.1 Å². The number of anilines is 1. The molecule has 232 valence electrons. The average molecular weight is 671 g/mol. The number of thiazole rings is 1. The van der Waals surface area contributed by atoms with E-state index in [4.69, 9.17) is 37.7 Å². The van der Waals surface area contributed by atoms with Crippen LogP contribution in [0.4, 0.5) is 5.69 Å². The minimum Gasteiger partial charge on any atom is -0.494 e. The number of nitrogens with one attached hydrogen (secondary N) is 1. The van der Waals surface area contributed by atoms with Gasteiger partial charge in [0, 0.05) is 21.3 Å². The lowest BCUT2D eigenvalue weighted by atomic mass is 9.95. The summed E-state index contributed by atoms with van der Waals surface area (Å²) in [7, 11) is 0. The molecule has 6 rings (SSSR count). The van der Waals surface area contributed by atoms with Crippen molar-refractivity contribution < 1.29 is 14.3 Å². The number of aromatic nitrogens is 1. The van der Waals surface area contributed by atoms with Gasteiger partial charge in [-0.3, -0.25) is 14.2 Å². The number of hydrogen-bond acceptors (Lipinski definition) is 6. The summed E-state index contributed by atoms with van der Waals surface area (Å²) in [6.45, 7) is 4.54. The maximum atomic E-state index is 14.0. The van der Waals surface area contributed by atoms with Gasteiger partial charge in [0.1, 0.15) is 18.1 Å². The Bertz CT molecular complexity index is 2110. The summed E-state index contributed by atoms with van der Waals surface area (Å²) < 4.78 is 13.7. The molecule has 1 aliphatic heterocycles. The number of amides is 1. The first kappa shape index (κ1) is 31.4. The quantitative estimate of drug-likeness (QED) is 0.181. The van der Waals surface area contributed by atoms with Crippen LogP contribution in [-0.2, 0) is 11.4 Å². The molecule has 0 saturated carbocycles. The Morgan fingerprint density at radius 2 is 1.65 bits per heavy atom. The summed E-state index contributed by atoms with van der Waals surface area (Å²) >= 11 is 13.5. The van der Waals surface area contributed by atoms with Crippen LogP contribution < -0.4 is 29.7 Å². The van der Waals surface area contributed by atoms with E-state index in [2.05, 4.69) is 5.32 Å². The van der Waals surface area contributed by atoms with E-state index >= 15 is 0 Å². The van der Waals surface area contributed by atoms with Gasteiger partial charge in [0.15, 0.2) is 4.80 Å². The monoisotopic (exact) mass is 669 g/mol. The van der Waals surface area contributed by atoms with Crippen molar-refractivity contribution in [1.29, 1.82) is 0 Å². The summed E-state index contributed by atoms with van der Waals surface area (Å²) in [4.78, 5) is 33.1. The van der Waals surface area contributed by atoms with Crippen molar-refractivity contribution in [3.05, 3.63) is 155 Å². The third kappa shape index (κ3) is 6.79. The SMILES string of the molecule is CCOc1ccc([C@@H]2C(C(=O)Nc3ccccc3)=C(C)N=c3s/c(=C\c4ccc(OCc5ccc(Cl)cc5Cl)cc4)c(=O)n32)cc1. The number of fused-ring (bicyclic) bond motifs is 1. The highest BCUT2D eigenvalue weighted by molar-refractivity contribution is 7.07. The van der Waals surface area contributed by atoms with Gasteiger partial charge in [-0.2, -0.15) is 0 Å². The third-order valence-electron chi connectivity index (χ3n) is 7.39. The fraction of sp³-hybridized carbons (Fsp3) is 0.139. The second-order valence-electron chi connectivity index (χ2n) is 10.5. The second-order valence-corrected chi connectivity index (χ2v) is 12.4. The van der Waals surface area contributed by atoms with Gasteiger partial charge < -0.3 is 14.8 Å². The lowest BCUT2D eigenvalue weighted by molar-refractivity contribution is -0.113. The molecule has 1 amide bonds. The average Bonchev–Trinajstić information content (AvgIpc) is 3.35. The number of carbonyl (C=O) groups is 1. The highest BCUT2D eigenvalue weighted by Gasteiger charge is 2.32. The fourth-order valence-electron chi connectivity index (χ4n) is 5.17. The van der Waals surface area contributed by atoms with Crippen LogP contribution in [0.3, 0.4) is 0 Å². The molecule has 1 aromatic heterocycles. The molecule has 1 N–H and O–H groups in total. The number of allylic oxidation sites excluding steroid dienone is 1. The van der Waals surface area contributed by atoms with Crippen LogP contribution >= 0.6 is 34.5 Å². The smallest absolute Gasteiger partial charge is 0.271 e. The maximum absolute atomic E-state index is 14.0. The number of carbonyl (C=O) groups excluding carboxylic acids is 1. The van der Waals surface area contributed by atoms with E-state index in [1.807, 2.05) is 97.9 Å². The van der Waals surface area contributed by atoms with Crippen molar-refractivity contribution in [3.8, 4) is 11.5 Å². The lowest BCUT2D eigenvalue weighted by Crippen LogP contribution is -2.40. The molecule has 1 aliphatic rings. The highest BCUT2D eigenvalue weighted by Crippen LogP contribution is 2.32. The minimum absolute atomic E-state index is 0.238. The Morgan fingerprint density at radius 1 is 0.957 bits per heavy atom. The molecule has 0 spiro atoms. The largest absolute Gasteiger partial charge is 0.494 e. The lowest BCUT2D eigenvalue weighted by Gasteiger charge is -2.25. The number of rotatable bonds is 9. The first-order valence-electron chi connectivity index (χ1n) is 14.6. The highest BCUT2D eigenvalue weighted by atomic mass is 35.5. The van der Waals surface area contributed by atoms with E-state index in [1.54, 1.807) is 23.6 Å². The first-order valence-corrected chi connectivity index (χ1v) is 16.2.